The molecule has 3 aromatic rings. The number of benzene rings is 2. The van der Waals surface area contributed by atoms with Gasteiger partial charge in [0, 0.05) is 18.8 Å². The molecule has 1 aliphatic heterocycles. The Morgan fingerprint density at radius 2 is 1.77 bits per heavy atom. The van der Waals surface area contributed by atoms with E-state index in [0.717, 1.165) is 17.7 Å². The fourth-order valence-electron chi connectivity index (χ4n) is 3.66. The summed E-state index contributed by atoms with van der Waals surface area (Å²) in [5, 5.41) is 0.680. The van der Waals surface area contributed by atoms with Crippen molar-refractivity contribution in [2.24, 2.45) is 0 Å². The molecule has 4 rings (SSSR count). The minimum absolute atomic E-state index is 0.186. The van der Waals surface area contributed by atoms with Crippen LogP contribution in [0.2, 0.25) is 0 Å². The third kappa shape index (κ3) is 3.98. The van der Waals surface area contributed by atoms with Gasteiger partial charge in [-0.25, -0.2) is 9.78 Å². The van der Waals surface area contributed by atoms with Crippen LogP contribution in [-0.4, -0.2) is 45.2 Å². The molecule has 0 fully saturated rings. The zero-order valence-corrected chi connectivity index (χ0v) is 17.8. The number of rotatable bonds is 5. The number of hydrogen-bond donors (Lipinski definition) is 0. The molecule has 1 aromatic heterocycles. The number of aromatic nitrogens is 2. The number of carbonyl (C=O) groups is 2. The van der Waals surface area contributed by atoms with E-state index in [9.17, 15) is 9.59 Å². The molecule has 1 atom stereocenters. The molecule has 7 heteroatoms. The summed E-state index contributed by atoms with van der Waals surface area (Å²) >= 11 is 1.44. The normalized spacial score (nSPS) is 14.1. The van der Waals surface area contributed by atoms with Crippen LogP contribution in [-0.2, 0) is 22.5 Å². The maximum atomic E-state index is 12.9. The summed E-state index contributed by atoms with van der Waals surface area (Å²) < 4.78 is 7.31. The van der Waals surface area contributed by atoms with Gasteiger partial charge in [0.2, 0.25) is 0 Å². The van der Waals surface area contributed by atoms with Gasteiger partial charge in [0.15, 0.2) is 17.0 Å². The van der Waals surface area contributed by atoms with Crippen LogP contribution < -0.4 is 0 Å². The lowest BCUT2D eigenvalue weighted by Crippen LogP contribution is -2.42. The summed E-state index contributed by atoms with van der Waals surface area (Å²) in [6.07, 6.45) is 3.33. The van der Waals surface area contributed by atoms with Crippen LogP contribution in [0.4, 0.5) is 0 Å². The molecule has 0 saturated carbocycles. The largest absolute Gasteiger partial charge is 0.448 e. The van der Waals surface area contributed by atoms with Gasteiger partial charge < -0.3 is 9.64 Å². The zero-order chi connectivity index (χ0) is 21.1. The molecule has 0 spiro atoms. The van der Waals surface area contributed by atoms with Gasteiger partial charge in [-0.15, -0.1) is 0 Å². The summed E-state index contributed by atoms with van der Waals surface area (Å²) in [7, 11) is 0. The Balaban J connectivity index is 1.49. The summed E-state index contributed by atoms with van der Waals surface area (Å²) in [5.41, 5.74) is 3.53. The number of imidazole rings is 1. The quantitative estimate of drug-likeness (QED) is 0.464. The van der Waals surface area contributed by atoms with Gasteiger partial charge in [-0.1, -0.05) is 54.2 Å². The van der Waals surface area contributed by atoms with E-state index in [0.29, 0.717) is 23.9 Å². The van der Waals surface area contributed by atoms with E-state index in [4.69, 9.17) is 4.74 Å². The van der Waals surface area contributed by atoms with E-state index in [2.05, 4.69) is 11.1 Å². The van der Waals surface area contributed by atoms with Crippen molar-refractivity contribution >= 4 is 23.6 Å². The second-order valence-corrected chi connectivity index (χ2v) is 7.90. The third-order valence-electron chi connectivity index (χ3n) is 5.21. The van der Waals surface area contributed by atoms with Crippen LogP contribution in [0.1, 0.15) is 28.5 Å². The number of ether oxygens (including phenoxy) is 1. The van der Waals surface area contributed by atoms with Gasteiger partial charge in [0.1, 0.15) is 0 Å². The topological polar surface area (TPSA) is 64.4 Å². The molecule has 2 aromatic carbocycles. The average Bonchev–Trinajstić information content (AvgIpc) is 3.23. The number of amides is 1. The molecule has 30 heavy (non-hydrogen) atoms. The number of para-hydroxylation sites is 1. The Kier molecular flexibility index (Phi) is 5.90. The van der Waals surface area contributed by atoms with Crippen molar-refractivity contribution in [3.63, 3.8) is 0 Å². The highest BCUT2D eigenvalue weighted by Gasteiger charge is 2.28. The third-order valence-corrected chi connectivity index (χ3v) is 5.86. The Morgan fingerprint density at radius 3 is 2.50 bits per heavy atom. The van der Waals surface area contributed by atoms with Crippen LogP contribution in [0.15, 0.2) is 66.0 Å². The van der Waals surface area contributed by atoms with Crippen molar-refractivity contribution < 1.29 is 14.3 Å². The van der Waals surface area contributed by atoms with E-state index in [1.807, 2.05) is 54.8 Å². The standard InChI is InChI=1S/C23H23N3O3S/c1-16(21(27)25-13-12-17-8-6-7-9-18(17)15-25)29-22(28)20-14-24-23(30-2)26(20)19-10-4-3-5-11-19/h3-11,14,16H,12-13,15H2,1-2H3. The first-order chi connectivity index (χ1) is 14.6. The molecule has 2 heterocycles. The smallest absolute Gasteiger partial charge is 0.357 e. The molecule has 0 N–H and O–H groups in total. The number of thioether (sulfide) groups is 1. The molecule has 0 bridgehead atoms. The molecule has 1 aliphatic rings. The van der Waals surface area contributed by atoms with E-state index in [1.54, 1.807) is 16.4 Å². The molecular formula is C23H23N3O3S. The lowest BCUT2D eigenvalue weighted by Gasteiger charge is -2.30. The van der Waals surface area contributed by atoms with E-state index >= 15 is 0 Å². The Labute approximate surface area is 179 Å². The number of hydrogen-bond acceptors (Lipinski definition) is 5. The van der Waals surface area contributed by atoms with Crippen molar-refractivity contribution in [1.82, 2.24) is 14.5 Å². The first-order valence-corrected chi connectivity index (χ1v) is 11.0. The molecule has 1 amide bonds. The molecule has 0 saturated heterocycles. The van der Waals surface area contributed by atoms with Crippen LogP contribution >= 0.6 is 11.8 Å². The van der Waals surface area contributed by atoms with E-state index in [-0.39, 0.29) is 5.91 Å². The SMILES string of the molecule is CSc1ncc(C(=O)OC(C)C(=O)N2CCc3ccccc3C2)n1-c1ccccc1. The fourth-order valence-corrected chi connectivity index (χ4v) is 4.21. The number of fused-ring (bicyclic) bond motifs is 1. The van der Waals surface area contributed by atoms with Crippen LogP contribution in [0.25, 0.3) is 5.69 Å². The zero-order valence-electron chi connectivity index (χ0n) is 16.9. The van der Waals surface area contributed by atoms with E-state index in [1.165, 1.54) is 23.5 Å². The highest BCUT2D eigenvalue weighted by atomic mass is 32.2. The molecule has 0 radical (unpaired) electrons. The second kappa shape index (κ2) is 8.75. The summed E-state index contributed by atoms with van der Waals surface area (Å²) in [6, 6.07) is 17.6. The van der Waals surface area contributed by atoms with Crippen molar-refractivity contribution in [2.45, 2.75) is 31.1 Å². The van der Waals surface area contributed by atoms with Crippen LogP contribution in [0.3, 0.4) is 0 Å². The van der Waals surface area contributed by atoms with E-state index < -0.39 is 12.1 Å². The predicted octanol–water partition coefficient (Wildman–Crippen LogP) is 3.72. The molecular weight excluding hydrogens is 398 g/mol. The predicted molar refractivity (Wildman–Crippen MR) is 116 cm³/mol. The summed E-state index contributed by atoms with van der Waals surface area (Å²) in [6.45, 7) is 2.78. The Bertz CT molecular complexity index is 1060. The van der Waals surface area contributed by atoms with Crippen molar-refractivity contribution in [2.75, 3.05) is 12.8 Å². The summed E-state index contributed by atoms with van der Waals surface area (Å²) in [5.74, 6) is -0.751. The first-order valence-electron chi connectivity index (χ1n) is 9.82. The van der Waals surface area contributed by atoms with Gasteiger partial charge in [0.05, 0.1) is 6.20 Å². The molecule has 0 aliphatic carbocycles. The van der Waals surface area contributed by atoms with Crippen LogP contribution in [0, 0.1) is 0 Å². The van der Waals surface area contributed by atoms with Gasteiger partial charge in [-0.2, -0.15) is 0 Å². The van der Waals surface area contributed by atoms with Crippen molar-refractivity contribution in [3.8, 4) is 5.69 Å². The second-order valence-electron chi connectivity index (χ2n) is 7.13. The minimum Gasteiger partial charge on any atom is -0.448 e. The minimum atomic E-state index is -0.875. The lowest BCUT2D eigenvalue weighted by atomic mass is 9.99. The van der Waals surface area contributed by atoms with Crippen molar-refractivity contribution in [1.29, 1.82) is 0 Å². The number of nitrogens with zero attached hydrogens (tertiary/aromatic N) is 3. The molecule has 154 valence electrons. The maximum Gasteiger partial charge on any atom is 0.357 e. The van der Waals surface area contributed by atoms with Gasteiger partial charge in [0.25, 0.3) is 5.91 Å². The first kappa shape index (κ1) is 20.2. The average molecular weight is 422 g/mol. The number of esters is 1. The monoisotopic (exact) mass is 421 g/mol. The summed E-state index contributed by atoms with van der Waals surface area (Å²) in [4.78, 5) is 31.9. The Morgan fingerprint density at radius 1 is 1.07 bits per heavy atom. The molecule has 1 unspecified atom stereocenters. The van der Waals surface area contributed by atoms with Gasteiger partial charge in [-0.3, -0.25) is 9.36 Å². The highest BCUT2D eigenvalue weighted by Crippen LogP contribution is 2.23. The maximum absolute atomic E-state index is 12.9. The Hall–Kier alpha value is -3.06. The number of carbonyl (C=O) groups excluding carboxylic acids is 2. The highest BCUT2D eigenvalue weighted by molar-refractivity contribution is 7.98. The van der Waals surface area contributed by atoms with Gasteiger partial charge in [-0.05, 0) is 42.9 Å². The van der Waals surface area contributed by atoms with Crippen LogP contribution in [0.5, 0.6) is 0 Å². The lowest BCUT2D eigenvalue weighted by molar-refractivity contribution is -0.140. The fraction of sp³-hybridized carbons (Fsp3) is 0.261. The van der Waals surface area contributed by atoms with Crippen molar-refractivity contribution in [3.05, 3.63) is 77.6 Å². The molecule has 6 nitrogen and oxygen atoms in total. The van der Waals surface area contributed by atoms with Gasteiger partial charge >= 0.3 is 5.97 Å².